The molecular formula is C13H24O7Si. The normalized spacial score (nSPS) is 11.0. The largest absolute Gasteiger partial charge is 0.501 e. The predicted molar refractivity (Wildman–Crippen MR) is 77.6 cm³/mol. The minimum absolute atomic E-state index is 0.204. The highest BCUT2D eigenvalue weighted by molar-refractivity contribution is 6.60. The number of hydrogen-bond donors (Lipinski definition) is 0. The maximum Gasteiger partial charge on any atom is 0.501 e. The summed E-state index contributed by atoms with van der Waals surface area (Å²) in [6.07, 6.45) is 0.496. The van der Waals surface area contributed by atoms with Crippen LogP contribution < -0.4 is 0 Å². The fraction of sp³-hybridized carbons (Fsp3) is 0.692. The van der Waals surface area contributed by atoms with Crippen LogP contribution in [-0.4, -0.2) is 54.8 Å². The molecule has 0 radical (unpaired) electrons. The van der Waals surface area contributed by atoms with E-state index in [-0.39, 0.29) is 19.8 Å². The Morgan fingerprint density at radius 2 is 1.76 bits per heavy atom. The summed E-state index contributed by atoms with van der Waals surface area (Å²) in [4.78, 5) is 22.5. The Balaban J connectivity index is 4.23. The van der Waals surface area contributed by atoms with Gasteiger partial charge in [0.2, 0.25) is 0 Å². The molecule has 0 atom stereocenters. The molecule has 0 bridgehead atoms. The van der Waals surface area contributed by atoms with Crippen LogP contribution in [0.25, 0.3) is 0 Å². The van der Waals surface area contributed by atoms with Crippen LogP contribution in [0.4, 0.5) is 0 Å². The monoisotopic (exact) mass is 320 g/mol. The van der Waals surface area contributed by atoms with Crippen LogP contribution >= 0.6 is 0 Å². The highest BCUT2D eigenvalue weighted by atomic mass is 28.4. The van der Waals surface area contributed by atoms with E-state index in [0.29, 0.717) is 18.0 Å². The smallest absolute Gasteiger partial charge is 0.464 e. The Morgan fingerprint density at radius 3 is 2.24 bits per heavy atom. The molecule has 0 aliphatic heterocycles. The van der Waals surface area contributed by atoms with Crippen LogP contribution in [-0.2, 0) is 32.3 Å². The van der Waals surface area contributed by atoms with Gasteiger partial charge in [0.25, 0.3) is 0 Å². The lowest BCUT2D eigenvalue weighted by Crippen LogP contribution is -2.45. The van der Waals surface area contributed by atoms with Crippen LogP contribution in [0, 0.1) is 0 Å². The van der Waals surface area contributed by atoms with Gasteiger partial charge in [-0.1, -0.05) is 6.58 Å². The number of hydrogen-bond acceptors (Lipinski definition) is 7. The highest BCUT2D eigenvalue weighted by Crippen LogP contribution is 2.16. The van der Waals surface area contributed by atoms with Crippen molar-refractivity contribution in [3.63, 3.8) is 0 Å². The first-order valence-electron chi connectivity index (χ1n) is 6.63. The van der Waals surface area contributed by atoms with Crippen molar-refractivity contribution >= 4 is 20.7 Å². The van der Waals surface area contributed by atoms with Crippen LogP contribution in [0.15, 0.2) is 12.2 Å². The van der Waals surface area contributed by atoms with Crippen LogP contribution in [0.2, 0.25) is 6.04 Å². The molecule has 0 rings (SSSR count). The van der Waals surface area contributed by atoms with Gasteiger partial charge in [0.15, 0.2) is 0 Å². The second kappa shape index (κ2) is 10.5. The summed E-state index contributed by atoms with van der Waals surface area (Å²) in [5.74, 6) is -0.915. The van der Waals surface area contributed by atoms with Gasteiger partial charge in [-0.05, 0) is 20.3 Å². The number of carbonyl (C=O) groups is 2. The third-order valence-electron chi connectivity index (χ3n) is 2.55. The molecule has 0 fully saturated rings. The molecule has 0 heterocycles. The lowest BCUT2D eigenvalue weighted by molar-refractivity contribution is -0.146. The van der Waals surface area contributed by atoms with Gasteiger partial charge in [0, 0.05) is 25.8 Å². The standard InChI is InChI=1S/C13H24O7Si/c1-6-18-12(14)10-20-21(16-4,17-5)9-7-8-19-13(15)11(2)3/h2,6-10H2,1,3-5H3. The molecule has 0 aromatic rings. The minimum Gasteiger partial charge on any atom is -0.464 e. The van der Waals surface area contributed by atoms with E-state index in [1.54, 1.807) is 13.8 Å². The Bertz CT molecular complexity index is 352. The first-order chi connectivity index (χ1) is 9.90. The molecule has 0 aromatic carbocycles. The average molecular weight is 320 g/mol. The van der Waals surface area contributed by atoms with Crippen molar-refractivity contribution in [1.82, 2.24) is 0 Å². The van der Waals surface area contributed by atoms with Gasteiger partial charge in [0.05, 0.1) is 13.2 Å². The molecule has 0 N–H and O–H groups in total. The lowest BCUT2D eigenvalue weighted by atomic mass is 10.4. The van der Waals surface area contributed by atoms with Gasteiger partial charge in [0.1, 0.15) is 6.61 Å². The predicted octanol–water partition coefficient (Wildman–Crippen LogP) is 1.31. The number of ether oxygens (including phenoxy) is 2. The number of carbonyl (C=O) groups excluding carboxylic acids is 2. The zero-order valence-electron chi connectivity index (χ0n) is 13.1. The molecule has 0 aromatic heterocycles. The fourth-order valence-corrected chi connectivity index (χ4v) is 3.30. The topological polar surface area (TPSA) is 80.3 Å². The van der Waals surface area contributed by atoms with Gasteiger partial charge in [-0.25, -0.2) is 9.59 Å². The molecule has 21 heavy (non-hydrogen) atoms. The molecular weight excluding hydrogens is 296 g/mol. The average Bonchev–Trinajstić information content (AvgIpc) is 2.47. The van der Waals surface area contributed by atoms with Gasteiger partial charge in [-0.2, -0.15) is 0 Å². The Labute approximate surface area is 126 Å². The second-order valence-electron chi connectivity index (χ2n) is 4.20. The van der Waals surface area contributed by atoms with E-state index in [1.165, 1.54) is 14.2 Å². The van der Waals surface area contributed by atoms with E-state index in [0.717, 1.165) is 0 Å². The molecule has 7 nitrogen and oxygen atoms in total. The second-order valence-corrected chi connectivity index (χ2v) is 7.18. The Kier molecular flexibility index (Phi) is 9.88. The van der Waals surface area contributed by atoms with Crippen molar-refractivity contribution in [3.8, 4) is 0 Å². The zero-order valence-corrected chi connectivity index (χ0v) is 14.1. The number of rotatable bonds is 11. The van der Waals surface area contributed by atoms with Crippen LogP contribution in [0.5, 0.6) is 0 Å². The van der Waals surface area contributed by atoms with Crippen LogP contribution in [0.3, 0.4) is 0 Å². The molecule has 0 saturated carbocycles. The van der Waals surface area contributed by atoms with E-state index in [2.05, 4.69) is 6.58 Å². The third kappa shape index (κ3) is 7.95. The van der Waals surface area contributed by atoms with Gasteiger partial charge < -0.3 is 22.8 Å². The molecule has 0 saturated heterocycles. The van der Waals surface area contributed by atoms with E-state index < -0.39 is 20.7 Å². The van der Waals surface area contributed by atoms with E-state index >= 15 is 0 Å². The van der Waals surface area contributed by atoms with Crippen molar-refractivity contribution < 1.29 is 32.3 Å². The SMILES string of the molecule is C=C(C)C(=O)OCCC[Si](OC)(OC)OCC(=O)OCC. The fourth-order valence-electron chi connectivity index (χ4n) is 1.43. The molecule has 0 aliphatic carbocycles. The maximum atomic E-state index is 11.3. The summed E-state index contributed by atoms with van der Waals surface area (Å²) < 4.78 is 25.8. The molecule has 0 amide bonds. The zero-order chi connectivity index (χ0) is 16.3. The summed E-state index contributed by atoms with van der Waals surface area (Å²) in [7, 11) is -0.0308. The Morgan fingerprint density at radius 1 is 1.14 bits per heavy atom. The van der Waals surface area contributed by atoms with Gasteiger partial charge in [-0.3, -0.25) is 0 Å². The first-order valence-corrected chi connectivity index (χ1v) is 8.56. The van der Waals surface area contributed by atoms with Crippen molar-refractivity contribution in [1.29, 1.82) is 0 Å². The summed E-state index contributed by atoms with van der Waals surface area (Å²) in [5.41, 5.74) is 0.343. The Hall–Kier alpha value is -1.22. The summed E-state index contributed by atoms with van der Waals surface area (Å²) in [6.45, 7) is 7.04. The summed E-state index contributed by atoms with van der Waals surface area (Å²) in [6, 6.07) is 0.420. The molecule has 0 unspecified atom stereocenters. The summed E-state index contributed by atoms with van der Waals surface area (Å²) in [5, 5.41) is 0. The minimum atomic E-state index is -2.95. The van der Waals surface area contributed by atoms with Crippen molar-refractivity contribution in [2.24, 2.45) is 0 Å². The molecule has 0 aliphatic rings. The number of esters is 2. The van der Waals surface area contributed by atoms with Crippen molar-refractivity contribution in [3.05, 3.63) is 12.2 Å². The maximum absolute atomic E-state index is 11.3. The van der Waals surface area contributed by atoms with E-state index in [9.17, 15) is 9.59 Å². The van der Waals surface area contributed by atoms with E-state index in [1.807, 2.05) is 0 Å². The molecule has 122 valence electrons. The van der Waals surface area contributed by atoms with Crippen molar-refractivity contribution in [2.75, 3.05) is 34.0 Å². The van der Waals surface area contributed by atoms with Crippen molar-refractivity contribution in [2.45, 2.75) is 26.3 Å². The van der Waals surface area contributed by atoms with Crippen LogP contribution in [0.1, 0.15) is 20.3 Å². The third-order valence-corrected chi connectivity index (χ3v) is 5.34. The molecule has 8 heteroatoms. The quantitative estimate of drug-likeness (QED) is 0.246. The van der Waals surface area contributed by atoms with E-state index in [4.69, 9.17) is 22.8 Å². The van der Waals surface area contributed by atoms with Gasteiger partial charge in [-0.15, -0.1) is 0 Å². The first kappa shape index (κ1) is 19.8. The lowest BCUT2D eigenvalue weighted by Gasteiger charge is -2.25. The highest BCUT2D eigenvalue weighted by Gasteiger charge is 2.39. The summed E-state index contributed by atoms with van der Waals surface area (Å²) >= 11 is 0. The van der Waals surface area contributed by atoms with Gasteiger partial charge >= 0.3 is 20.7 Å². The molecule has 0 spiro atoms.